The summed E-state index contributed by atoms with van der Waals surface area (Å²) in [5, 5.41) is 9.23. The summed E-state index contributed by atoms with van der Waals surface area (Å²) in [7, 11) is 0. The third kappa shape index (κ3) is 2.09. The highest BCUT2D eigenvalue weighted by atomic mass is 16.5. The molecular weight excluding hydrogens is 238 g/mol. The van der Waals surface area contributed by atoms with E-state index in [0.29, 0.717) is 6.61 Å². The van der Waals surface area contributed by atoms with Crippen molar-refractivity contribution in [3.8, 4) is 11.8 Å². The van der Waals surface area contributed by atoms with Crippen LogP contribution < -0.4 is 10.5 Å². The second kappa shape index (κ2) is 4.52. The maximum atomic E-state index is 9.23. The first-order valence-electron chi connectivity index (χ1n) is 6.76. The van der Waals surface area contributed by atoms with E-state index in [9.17, 15) is 5.26 Å². The molecule has 100 valence electrons. The first kappa shape index (κ1) is 12.5. The largest absolute Gasteiger partial charge is 0.492 e. The minimum Gasteiger partial charge on any atom is -0.492 e. The van der Waals surface area contributed by atoms with Crippen LogP contribution in [0.2, 0.25) is 0 Å². The molecule has 0 aliphatic carbocycles. The van der Waals surface area contributed by atoms with E-state index in [1.54, 1.807) is 0 Å². The Hall–Kier alpha value is -1.57. The zero-order chi connectivity index (χ0) is 13.5. The third-order valence-electron chi connectivity index (χ3n) is 4.34. The van der Waals surface area contributed by atoms with Crippen molar-refractivity contribution < 1.29 is 4.74 Å². The van der Waals surface area contributed by atoms with Crippen molar-refractivity contribution >= 4 is 0 Å². The Kier molecular flexibility index (Phi) is 2.96. The van der Waals surface area contributed by atoms with Gasteiger partial charge in [-0.15, -0.1) is 0 Å². The van der Waals surface area contributed by atoms with Crippen LogP contribution in [0.3, 0.4) is 0 Å². The van der Waals surface area contributed by atoms with Crippen LogP contribution in [0.15, 0.2) is 24.3 Å². The molecular formula is C15H19N3O. The molecule has 1 aromatic rings. The molecule has 1 saturated heterocycles. The lowest BCUT2D eigenvalue weighted by atomic mass is 9.92. The number of nitriles is 1. The Balaban J connectivity index is 1.80. The molecule has 3 rings (SSSR count). The number of likely N-dealkylation sites (tertiary alicyclic amines) is 1. The fraction of sp³-hybridized carbons (Fsp3) is 0.533. The van der Waals surface area contributed by atoms with Crippen LogP contribution in [-0.2, 0) is 0 Å². The first-order chi connectivity index (χ1) is 9.13. The molecule has 19 heavy (non-hydrogen) atoms. The monoisotopic (exact) mass is 257 g/mol. The van der Waals surface area contributed by atoms with Crippen molar-refractivity contribution in [2.45, 2.75) is 25.4 Å². The van der Waals surface area contributed by atoms with Crippen molar-refractivity contribution in [1.29, 1.82) is 5.26 Å². The Morgan fingerprint density at radius 2 is 2.26 bits per heavy atom. The molecule has 0 saturated carbocycles. The lowest BCUT2D eigenvalue weighted by Gasteiger charge is -2.37. The van der Waals surface area contributed by atoms with Crippen LogP contribution in [0.25, 0.3) is 0 Å². The molecule has 2 aliphatic heterocycles. The molecule has 2 heterocycles. The van der Waals surface area contributed by atoms with Crippen molar-refractivity contribution in [2.75, 3.05) is 19.7 Å². The summed E-state index contributed by atoms with van der Waals surface area (Å²) in [4.78, 5) is 2.31. The molecule has 4 heteroatoms. The molecule has 1 unspecified atom stereocenters. The smallest absolute Gasteiger partial charge is 0.124 e. The number of benzene rings is 1. The average Bonchev–Trinajstić information content (AvgIpc) is 2.83. The quantitative estimate of drug-likeness (QED) is 0.831. The van der Waals surface area contributed by atoms with Crippen LogP contribution in [0, 0.1) is 16.7 Å². The predicted octanol–water partition coefficient (Wildman–Crippen LogP) is 1.68. The summed E-state index contributed by atoms with van der Waals surface area (Å²) >= 11 is 0. The topological polar surface area (TPSA) is 62.3 Å². The molecule has 0 bridgehead atoms. The van der Waals surface area contributed by atoms with Gasteiger partial charge in [0.15, 0.2) is 0 Å². The molecule has 0 amide bonds. The minimum absolute atomic E-state index is 0.0361. The Morgan fingerprint density at radius 1 is 1.47 bits per heavy atom. The van der Waals surface area contributed by atoms with Gasteiger partial charge in [-0.2, -0.15) is 5.26 Å². The first-order valence-corrected chi connectivity index (χ1v) is 6.76. The number of nitrogens with two attached hydrogens (primary N) is 1. The van der Waals surface area contributed by atoms with E-state index in [1.165, 1.54) is 0 Å². The normalized spacial score (nSPS) is 34.4. The van der Waals surface area contributed by atoms with Gasteiger partial charge in [0.1, 0.15) is 12.4 Å². The fourth-order valence-electron chi connectivity index (χ4n) is 3.08. The van der Waals surface area contributed by atoms with Gasteiger partial charge < -0.3 is 10.5 Å². The van der Waals surface area contributed by atoms with Crippen LogP contribution >= 0.6 is 0 Å². The van der Waals surface area contributed by atoms with E-state index < -0.39 is 0 Å². The number of hydrogen-bond acceptors (Lipinski definition) is 4. The van der Waals surface area contributed by atoms with Crippen molar-refractivity contribution in [3.63, 3.8) is 0 Å². The number of para-hydroxylation sites is 1. The molecule has 0 radical (unpaired) electrons. The SMILES string of the molecule is CC1(C#N)CCN([C@H]2COc3ccccc3[C@@H]2N)C1. The molecule has 1 aromatic carbocycles. The molecule has 3 atom stereocenters. The van der Waals surface area contributed by atoms with Gasteiger partial charge in [0, 0.05) is 18.7 Å². The summed E-state index contributed by atoms with van der Waals surface area (Å²) in [6.45, 7) is 4.34. The maximum absolute atomic E-state index is 9.23. The van der Waals surface area contributed by atoms with Crippen molar-refractivity contribution in [2.24, 2.45) is 11.1 Å². The maximum Gasteiger partial charge on any atom is 0.124 e. The van der Waals surface area contributed by atoms with Gasteiger partial charge in [0.05, 0.1) is 23.6 Å². The summed E-state index contributed by atoms with van der Waals surface area (Å²) in [6.07, 6.45) is 0.911. The number of nitrogens with zero attached hydrogens (tertiary/aromatic N) is 2. The minimum atomic E-state index is -0.239. The number of rotatable bonds is 1. The number of fused-ring (bicyclic) bond motifs is 1. The van der Waals surface area contributed by atoms with Gasteiger partial charge in [0.25, 0.3) is 0 Å². The molecule has 0 spiro atoms. The Bertz CT molecular complexity index is 524. The van der Waals surface area contributed by atoms with Gasteiger partial charge in [-0.1, -0.05) is 18.2 Å². The highest BCUT2D eigenvalue weighted by molar-refractivity contribution is 5.38. The lowest BCUT2D eigenvalue weighted by molar-refractivity contribution is 0.112. The van der Waals surface area contributed by atoms with E-state index in [-0.39, 0.29) is 17.5 Å². The van der Waals surface area contributed by atoms with E-state index in [4.69, 9.17) is 10.5 Å². The van der Waals surface area contributed by atoms with Crippen LogP contribution in [-0.4, -0.2) is 30.6 Å². The van der Waals surface area contributed by atoms with Gasteiger partial charge in [-0.25, -0.2) is 0 Å². The second-order valence-electron chi connectivity index (χ2n) is 5.83. The van der Waals surface area contributed by atoms with Gasteiger partial charge in [-0.05, 0) is 19.4 Å². The van der Waals surface area contributed by atoms with E-state index >= 15 is 0 Å². The highest BCUT2D eigenvalue weighted by Crippen LogP contribution is 2.37. The predicted molar refractivity (Wildman–Crippen MR) is 72.6 cm³/mol. The van der Waals surface area contributed by atoms with E-state index in [2.05, 4.69) is 11.0 Å². The molecule has 0 aromatic heterocycles. The fourth-order valence-corrected chi connectivity index (χ4v) is 3.08. The molecule has 2 aliphatic rings. The highest BCUT2D eigenvalue weighted by Gasteiger charge is 2.41. The van der Waals surface area contributed by atoms with Gasteiger partial charge in [0.2, 0.25) is 0 Å². The Morgan fingerprint density at radius 3 is 3.00 bits per heavy atom. The van der Waals surface area contributed by atoms with Gasteiger partial charge >= 0.3 is 0 Å². The molecule has 4 nitrogen and oxygen atoms in total. The molecule has 2 N–H and O–H groups in total. The van der Waals surface area contributed by atoms with Crippen LogP contribution in [0.4, 0.5) is 0 Å². The Labute approximate surface area is 113 Å². The number of hydrogen-bond donors (Lipinski definition) is 1. The van der Waals surface area contributed by atoms with Crippen LogP contribution in [0.5, 0.6) is 5.75 Å². The van der Waals surface area contributed by atoms with Gasteiger partial charge in [-0.3, -0.25) is 4.90 Å². The standard InChI is InChI=1S/C15H19N3O/c1-15(9-16)6-7-18(10-15)12-8-19-13-5-3-2-4-11(13)14(12)17/h2-5,12,14H,6-8,10,17H2,1H3/t12-,14-,15?/m0/s1. The lowest BCUT2D eigenvalue weighted by Crippen LogP contribution is -2.48. The van der Waals surface area contributed by atoms with Crippen LogP contribution in [0.1, 0.15) is 24.9 Å². The summed E-state index contributed by atoms with van der Waals surface area (Å²) in [6, 6.07) is 10.5. The molecule has 1 fully saturated rings. The van der Waals surface area contributed by atoms with Crippen molar-refractivity contribution in [1.82, 2.24) is 4.90 Å². The second-order valence-corrected chi connectivity index (χ2v) is 5.83. The van der Waals surface area contributed by atoms with Crippen molar-refractivity contribution in [3.05, 3.63) is 29.8 Å². The van der Waals surface area contributed by atoms with E-state index in [0.717, 1.165) is 30.8 Å². The summed E-state index contributed by atoms with van der Waals surface area (Å²) in [5.74, 6) is 0.897. The third-order valence-corrected chi connectivity index (χ3v) is 4.34. The zero-order valence-electron chi connectivity index (χ0n) is 11.2. The van der Waals surface area contributed by atoms with E-state index in [1.807, 2.05) is 31.2 Å². The summed E-state index contributed by atoms with van der Waals surface area (Å²) in [5.41, 5.74) is 7.23. The summed E-state index contributed by atoms with van der Waals surface area (Å²) < 4.78 is 5.82. The zero-order valence-corrected chi connectivity index (χ0v) is 11.2. The average molecular weight is 257 g/mol. The number of ether oxygens (including phenoxy) is 1.